The summed E-state index contributed by atoms with van der Waals surface area (Å²) in [6, 6.07) is 13.1. The minimum Gasteiger partial charge on any atom is -0.494 e. The van der Waals surface area contributed by atoms with Gasteiger partial charge in [-0.3, -0.25) is 4.79 Å². The van der Waals surface area contributed by atoms with E-state index < -0.39 is 0 Å². The van der Waals surface area contributed by atoms with Crippen molar-refractivity contribution in [3.63, 3.8) is 0 Å². The molecule has 130 valence electrons. The molecule has 0 spiro atoms. The number of fused-ring (bicyclic) bond motifs is 1. The van der Waals surface area contributed by atoms with Crippen LogP contribution in [0.25, 0.3) is 16.5 Å². The third-order valence-electron chi connectivity index (χ3n) is 4.34. The fraction of sp³-hybridized carbons (Fsp3) is 0.286. The van der Waals surface area contributed by atoms with Gasteiger partial charge in [0.05, 0.1) is 18.6 Å². The zero-order chi connectivity index (χ0) is 18.0. The molecule has 0 N–H and O–H groups in total. The summed E-state index contributed by atoms with van der Waals surface area (Å²) in [6.07, 6.45) is 0. The monoisotopic (exact) mass is 337 g/mol. The Morgan fingerprint density at radius 3 is 2.12 bits per heavy atom. The number of aryl methyl sites for hydroxylation is 2. The Balaban J connectivity index is 2.29. The molecule has 3 aromatic rings. The minimum atomic E-state index is 0.00578. The van der Waals surface area contributed by atoms with Crippen LogP contribution in [0.5, 0.6) is 11.5 Å². The Morgan fingerprint density at radius 2 is 1.48 bits per heavy atom. The second kappa shape index (κ2) is 7.01. The van der Waals surface area contributed by atoms with Gasteiger partial charge in [0.2, 0.25) is 0 Å². The molecule has 0 saturated carbocycles. The van der Waals surface area contributed by atoms with Gasteiger partial charge in [0, 0.05) is 22.5 Å². The van der Waals surface area contributed by atoms with E-state index in [1.54, 1.807) is 12.1 Å². The van der Waals surface area contributed by atoms with Crippen molar-refractivity contribution in [1.29, 1.82) is 0 Å². The van der Waals surface area contributed by atoms with Crippen molar-refractivity contribution in [2.24, 2.45) is 0 Å². The molecule has 0 atom stereocenters. The molecule has 4 heteroatoms. The molecule has 4 nitrogen and oxygen atoms in total. The van der Waals surface area contributed by atoms with E-state index in [0.717, 1.165) is 34.0 Å². The molecule has 0 amide bonds. The van der Waals surface area contributed by atoms with Crippen LogP contribution in [0.2, 0.25) is 0 Å². The Kier molecular flexibility index (Phi) is 4.79. The summed E-state index contributed by atoms with van der Waals surface area (Å²) in [5.74, 6) is 1.58. The van der Waals surface area contributed by atoms with E-state index in [0.29, 0.717) is 18.6 Å². The maximum atomic E-state index is 12.6. The van der Waals surface area contributed by atoms with Gasteiger partial charge in [-0.15, -0.1) is 0 Å². The molecule has 1 aromatic heterocycles. The van der Waals surface area contributed by atoms with Gasteiger partial charge in [0.1, 0.15) is 11.5 Å². The molecule has 25 heavy (non-hydrogen) atoms. The summed E-state index contributed by atoms with van der Waals surface area (Å²) in [5.41, 5.74) is 2.91. The number of hydrogen-bond acceptors (Lipinski definition) is 3. The quantitative estimate of drug-likeness (QED) is 0.692. The average Bonchev–Trinajstić information content (AvgIpc) is 2.74. The van der Waals surface area contributed by atoms with Gasteiger partial charge in [-0.1, -0.05) is 6.07 Å². The Bertz CT molecular complexity index is 956. The molecule has 0 fully saturated rings. The van der Waals surface area contributed by atoms with Crippen LogP contribution in [0, 0.1) is 13.8 Å². The predicted octanol–water partition coefficient (Wildman–Crippen LogP) is 4.40. The van der Waals surface area contributed by atoms with Crippen LogP contribution in [-0.4, -0.2) is 17.8 Å². The van der Waals surface area contributed by atoms with E-state index in [-0.39, 0.29) is 5.43 Å². The summed E-state index contributed by atoms with van der Waals surface area (Å²) in [4.78, 5) is 12.6. The summed E-state index contributed by atoms with van der Waals surface area (Å²) in [7, 11) is 0. The number of rotatable bonds is 5. The van der Waals surface area contributed by atoms with Crippen molar-refractivity contribution >= 4 is 10.8 Å². The maximum Gasteiger partial charge on any atom is 0.188 e. The lowest BCUT2D eigenvalue weighted by atomic mass is 10.2. The van der Waals surface area contributed by atoms with Crippen molar-refractivity contribution in [2.45, 2.75) is 27.7 Å². The normalized spacial score (nSPS) is 10.9. The number of ether oxygens (including phenoxy) is 2. The zero-order valence-corrected chi connectivity index (χ0v) is 15.1. The molecule has 0 saturated heterocycles. The number of aromatic nitrogens is 1. The molecule has 0 aliphatic heterocycles. The second-order valence-electron chi connectivity index (χ2n) is 5.87. The van der Waals surface area contributed by atoms with Crippen LogP contribution in [0.15, 0.2) is 47.3 Å². The average molecular weight is 337 g/mol. The highest BCUT2D eigenvalue weighted by Gasteiger charge is 2.17. The highest BCUT2D eigenvalue weighted by Crippen LogP contribution is 2.33. The van der Waals surface area contributed by atoms with E-state index in [1.165, 1.54) is 0 Å². The van der Waals surface area contributed by atoms with E-state index >= 15 is 0 Å². The molecule has 0 aliphatic carbocycles. The molecule has 0 unspecified atom stereocenters. The summed E-state index contributed by atoms with van der Waals surface area (Å²) in [5, 5.41) is 1.59. The van der Waals surface area contributed by atoms with Gasteiger partial charge in [-0.25, -0.2) is 0 Å². The zero-order valence-electron chi connectivity index (χ0n) is 15.1. The smallest absolute Gasteiger partial charge is 0.188 e. The number of hydrogen-bond donors (Lipinski definition) is 0. The van der Waals surface area contributed by atoms with Crippen molar-refractivity contribution in [2.75, 3.05) is 13.2 Å². The maximum absolute atomic E-state index is 12.6. The third kappa shape index (κ3) is 3.00. The molecule has 0 aliphatic rings. The van der Waals surface area contributed by atoms with Gasteiger partial charge < -0.3 is 14.0 Å². The largest absolute Gasteiger partial charge is 0.494 e. The van der Waals surface area contributed by atoms with Crippen molar-refractivity contribution in [3.05, 3.63) is 64.1 Å². The van der Waals surface area contributed by atoms with Crippen molar-refractivity contribution in [1.82, 2.24) is 4.57 Å². The van der Waals surface area contributed by atoms with Gasteiger partial charge in [-0.05, 0) is 64.1 Å². The van der Waals surface area contributed by atoms with Crippen LogP contribution in [0.4, 0.5) is 0 Å². The predicted molar refractivity (Wildman–Crippen MR) is 101 cm³/mol. The van der Waals surface area contributed by atoms with Crippen LogP contribution in [0.3, 0.4) is 0 Å². The lowest BCUT2D eigenvalue weighted by molar-refractivity contribution is 0.340. The highest BCUT2D eigenvalue weighted by atomic mass is 16.5. The Labute approximate surface area is 147 Å². The first kappa shape index (κ1) is 17.1. The first-order valence-corrected chi connectivity index (χ1v) is 8.59. The number of nitrogens with zero attached hydrogens (tertiary/aromatic N) is 1. The lowest BCUT2D eigenvalue weighted by Gasteiger charge is -2.11. The fourth-order valence-electron chi connectivity index (χ4n) is 3.35. The van der Waals surface area contributed by atoms with E-state index in [4.69, 9.17) is 9.47 Å². The molecule has 0 radical (unpaired) electrons. The van der Waals surface area contributed by atoms with Crippen LogP contribution in [-0.2, 0) is 0 Å². The van der Waals surface area contributed by atoms with Gasteiger partial charge in [0.15, 0.2) is 5.43 Å². The standard InChI is InChI=1S/C21H23NO3/c1-5-24-17-12-10-16(11-13-17)22-14(3)20-18(23)8-7-9-19(25-6-2)21(20)15(22)4/h7-13H,5-6H2,1-4H3. The lowest BCUT2D eigenvalue weighted by Crippen LogP contribution is -2.01. The second-order valence-corrected chi connectivity index (χ2v) is 5.87. The van der Waals surface area contributed by atoms with Crippen LogP contribution >= 0.6 is 0 Å². The SMILES string of the molecule is CCOc1ccc(-n2c(C)c3c(OCC)cccc(=O)c3c2C)cc1. The molecular weight excluding hydrogens is 314 g/mol. The van der Waals surface area contributed by atoms with Gasteiger partial charge >= 0.3 is 0 Å². The summed E-state index contributed by atoms with van der Waals surface area (Å²) < 4.78 is 13.4. The van der Waals surface area contributed by atoms with E-state index in [2.05, 4.69) is 4.57 Å². The van der Waals surface area contributed by atoms with Crippen LogP contribution < -0.4 is 14.9 Å². The topological polar surface area (TPSA) is 40.5 Å². The van der Waals surface area contributed by atoms with Crippen molar-refractivity contribution < 1.29 is 9.47 Å². The summed E-state index contributed by atoms with van der Waals surface area (Å²) >= 11 is 0. The van der Waals surface area contributed by atoms with Gasteiger partial charge in [-0.2, -0.15) is 0 Å². The summed E-state index contributed by atoms with van der Waals surface area (Å²) in [6.45, 7) is 9.10. The van der Waals surface area contributed by atoms with E-state index in [9.17, 15) is 4.79 Å². The highest BCUT2D eigenvalue weighted by molar-refractivity contribution is 5.93. The van der Waals surface area contributed by atoms with Crippen LogP contribution in [0.1, 0.15) is 25.2 Å². The molecule has 2 aromatic carbocycles. The molecule has 1 heterocycles. The van der Waals surface area contributed by atoms with E-state index in [1.807, 2.05) is 58.0 Å². The van der Waals surface area contributed by atoms with Gasteiger partial charge in [0.25, 0.3) is 0 Å². The fourth-order valence-corrected chi connectivity index (χ4v) is 3.35. The van der Waals surface area contributed by atoms with Crippen molar-refractivity contribution in [3.8, 4) is 17.2 Å². The number of benzene rings is 1. The Hall–Kier alpha value is -2.75. The minimum absolute atomic E-state index is 0.00578. The molecule has 0 bridgehead atoms. The molecular formula is C21H23NO3. The third-order valence-corrected chi connectivity index (χ3v) is 4.34. The first-order valence-electron chi connectivity index (χ1n) is 8.59. The first-order chi connectivity index (χ1) is 12.1. The Morgan fingerprint density at radius 1 is 0.840 bits per heavy atom. The molecule has 3 rings (SSSR count).